The summed E-state index contributed by atoms with van der Waals surface area (Å²) >= 11 is 1.87. The molecule has 1 aromatic heterocycles. The molecule has 0 saturated carbocycles. The number of benzene rings is 5. The minimum Gasteiger partial charge on any atom is -0.459 e. The molecular formula is C42H42N2O2SSi. The molecule has 6 aromatic rings. The van der Waals surface area contributed by atoms with Crippen LogP contribution in [0.4, 0.5) is 0 Å². The maximum Gasteiger partial charge on any atom is 0.316 e. The zero-order chi connectivity index (χ0) is 33.3. The van der Waals surface area contributed by atoms with E-state index in [2.05, 4.69) is 139 Å². The van der Waals surface area contributed by atoms with Crippen molar-refractivity contribution in [1.29, 1.82) is 0 Å². The van der Waals surface area contributed by atoms with Crippen molar-refractivity contribution in [2.75, 3.05) is 5.75 Å². The third-order valence-corrected chi connectivity index (χ3v) is 15.5. The average molecular weight is 667 g/mol. The molecule has 1 heterocycles. The lowest BCUT2D eigenvalue weighted by Gasteiger charge is -2.42. The number of nitrogens with zero attached hydrogens (tertiary/aromatic N) is 2. The first-order valence-electron chi connectivity index (χ1n) is 16.5. The molecule has 1 N–H and O–H groups in total. The molecule has 0 amide bonds. The van der Waals surface area contributed by atoms with E-state index in [-0.39, 0.29) is 6.10 Å². The lowest BCUT2D eigenvalue weighted by molar-refractivity contribution is 0.188. The second kappa shape index (κ2) is 15.2. The van der Waals surface area contributed by atoms with E-state index in [4.69, 9.17) is 4.74 Å². The highest BCUT2D eigenvalue weighted by Crippen LogP contribution is 2.49. The number of aromatic nitrogens is 2. The Labute approximate surface area is 290 Å². The van der Waals surface area contributed by atoms with E-state index in [1.807, 2.05) is 48.2 Å². The van der Waals surface area contributed by atoms with E-state index in [9.17, 15) is 4.80 Å². The summed E-state index contributed by atoms with van der Waals surface area (Å²) in [4.78, 5) is 21.7. The molecule has 4 nitrogen and oxygen atoms in total. The van der Waals surface area contributed by atoms with E-state index >= 15 is 0 Å². The van der Waals surface area contributed by atoms with Gasteiger partial charge < -0.3 is 9.53 Å². The van der Waals surface area contributed by atoms with E-state index in [0.717, 1.165) is 16.8 Å². The van der Waals surface area contributed by atoms with Crippen LogP contribution in [0.2, 0.25) is 5.04 Å². The monoisotopic (exact) mass is 666 g/mol. The van der Waals surface area contributed by atoms with Gasteiger partial charge in [-0.05, 0) is 51.0 Å². The second-order valence-electron chi connectivity index (χ2n) is 12.7. The van der Waals surface area contributed by atoms with Crippen molar-refractivity contribution in [2.24, 2.45) is 0 Å². The molecule has 5 aromatic carbocycles. The highest BCUT2D eigenvalue weighted by molar-refractivity contribution is 8.00. The Bertz CT molecular complexity index is 1690. The fourth-order valence-corrected chi connectivity index (χ4v) is 12.0. The van der Waals surface area contributed by atoms with Gasteiger partial charge in [0.1, 0.15) is 6.10 Å². The summed E-state index contributed by atoms with van der Waals surface area (Å²) in [6, 6.07) is 54.8. The maximum absolute atomic E-state index is 12.9. The van der Waals surface area contributed by atoms with Crippen molar-refractivity contribution in [3.63, 3.8) is 0 Å². The van der Waals surface area contributed by atoms with Crippen LogP contribution in [0.15, 0.2) is 170 Å². The van der Waals surface area contributed by atoms with Gasteiger partial charge >= 0.3 is 6.01 Å². The van der Waals surface area contributed by atoms with Crippen LogP contribution in [0.3, 0.4) is 0 Å². The topological polar surface area (TPSA) is 55.2 Å². The van der Waals surface area contributed by atoms with Crippen molar-refractivity contribution in [3.05, 3.63) is 187 Å². The zero-order valence-electron chi connectivity index (χ0n) is 27.5. The molecule has 0 spiro atoms. The lowest BCUT2D eigenvalue weighted by Crippen LogP contribution is -2.65. The van der Waals surface area contributed by atoms with E-state index < -0.39 is 18.1 Å². The quantitative estimate of drug-likeness (QED) is 0.0937. The number of hydrogen-bond acceptors (Lipinski definition) is 5. The number of ether oxygens (including phenoxy) is 1. The van der Waals surface area contributed by atoms with Crippen molar-refractivity contribution in [2.45, 2.75) is 42.6 Å². The Balaban J connectivity index is 1.37. The van der Waals surface area contributed by atoms with Gasteiger partial charge in [0.25, 0.3) is 8.32 Å². The molecule has 0 aliphatic carbocycles. The Kier molecular flexibility index (Phi) is 10.6. The molecular weight excluding hydrogens is 625 g/mol. The highest BCUT2D eigenvalue weighted by atomic mass is 32.2. The van der Waals surface area contributed by atoms with Gasteiger partial charge in [0.2, 0.25) is 0 Å². The zero-order valence-corrected chi connectivity index (χ0v) is 29.3. The first-order chi connectivity index (χ1) is 23.4. The number of rotatable bonds is 14. The van der Waals surface area contributed by atoms with Crippen molar-refractivity contribution in [3.8, 4) is 6.01 Å². The summed E-state index contributed by atoms with van der Waals surface area (Å²) < 4.78 is 6.14. The van der Waals surface area contributed by atoms with Crippen LogP contribution in [-0.4, -0.2) is 34.9 Å². The average Bonchev–Trinajstić information content (AvgIpc) is 3.16. The standard InChI is InChI=1S/C42H42N2O2SSi/c1-41(2,48(45,38-25-14-6-15-26-38)39-27-16-7-17-28-39)30-29-37(46-40-43-31-18-32-44-40)33-47-42(34-19-8-3-9-20-34,35-21-10-4-11-22-35)36-23-12-5-13-24-36/h3-28,31-32,37,45H,29-30,33H2,1-2H3/t37-/m0/s1. The van der Waals surface area contributed by atoms with Crippen LogP contribution < -0.4 is 15.1 Å². The van der Waals surface area contributed by atoms with E-state index in [0.29, 0.717) is 18.2 Å². The van der Waals surface area contributed by atoms with Gasteiger partial charge in [0, 0.05) is 18.1 Å². The summed E-state index contributed by atoms with van der Waals surface area (Å²) in [5.74, 6) is 0.670. The summed E-state index contributed by atoms with van der Waals surface area (Å²) in [6.07, 6.45) is 4.66. The molecule has 1 atom stereocenters. The molecule has 6 heteroatoms. The highest BCUT2D eigenvalue weighted by Gasteiger charge is 2.50. The summed E-state index contributed by atoms with van der Waals surface area (Å²) in [6.45, 7) is 4.43. The van der Waals surface area contributed by atoms with Crippen LogP contribution in [0.1, 0.15) is 43.4 Å². The summed E-state index contributed by atoms with van der Waals surface area (Å²) in [5, 5.41) is 1.60. The Morgan fingerprint density at radius 2 is 1.00 bits per heavy atom. The van der Waals surface area contributed by atoms with Gasteiger partial charge in [-0.25, -0.2) is 9.97 Å². The molecule has 242 valence electrons. The summed E-state index contributed by atoms with van der Waals surface area (Å²) in [7, 11) is -3.20. The molecule has 0 aliphatic heterocycles. The minimum atomic E-state index is -3.20. The Hall–Kier alpha value is -4.49. The van der Waals surface area contributed by atoms with Gasteiger partial charge in [0.15, 0.2) is 0 Å². The Morgan fingerprint density at radius 3 is 1.42 bits per heavy atom. The normalized spacial score (nSPS) is 12.7. The maximum atomic E-state index is 12.9. The van der Waals surface area contributed by atoms with Crippen molar-refractivity contribution >= 4 is 30.5 Å². The molecule has 48 heavy (non-hydrogen) atoms. The second-order valence-corrected chi connectivity index (χ2v) is 17.9. The first kappa shape index (κ1) is 33.4. The van der Waals surface area contributed by atoms with Gasteiger partial charge in [-0.1, -0.05) is 166 Å². The van der Waals surface area contributed by atoms with Gasteiger partial charge in [-0.15, -0.1) is 11.8 Å². The molecule has 6 rings (SSSR count). The van der Waals surface area contributed by atoms with Gasteiger partial charge in [-0.3, -0.25) is 0 Å². The van der Waals surface area contributed by atoms with Crippen molar-refractivity contribution < 1.29 is 9.53 Å². The third kappa shape index (κ3) is 7.02. The molecule has 0 radical (unpaired) electrons. The van der Waals surface area contributed by atoms with Gasteiger partial charge in [-0.2, -0.15) is 0 Å². The lowest BCUT2D eigenvalue weighted by atomic mass is 9.84. The van der Waals surface area contributed by atoms with Crippen LogP contribution in [-0.2, 0) is 4.75 Å². The van der Waals surface area contributed by atoms with Gasteiger partial charge in [0.05, 0.1) is 4.75 Å². The fraction of sp³-hybridized carbons (Fsp3) is 0.190. The largest absolute Gasteiger partial charge is 0.459 e. The Morgan fingerprint density at radius 1 is 0.604 bits per heavy atom. The molecule has 0 fully saturated rings. The summed E-state index contributed by atoms with van der Waals surface area (Å²) in [5.41, 5.74) is 3.62. The number of thioether (sulfide) groups is 1. The molecule has 0 bridgehead atoms. The third-order valence-electron chi connectivity index (χ3n) is 9.29. The fourth-order valence-electron chi connectivity index (χ4n) is 6.67. The SMILES string of the molecule is CC(C)(CC[C@@H](CSC(c1ccccc1)(c1ccccc1)c1ccccc1)Oc1ncccn1)[Si](O)(c1ccccc1)c1ccccc1. The van der Waals surface area contributed by atoms with Crippen LogP contribution in [0, 0.1) is 0 Å². The molecule has 0 aliphatic rings. The van der Waals surface area contributed by atoms with Crippen LogP contribution in [0.25, 0.3) is 0 Å². The smallest absolute Gasteiger partial charge is 0.316 e. The van der Waals surface area contributed by atoms with E-state index in [1.54, 1.807) is 18.5 Å². The van der Waals surface area contributed by atoms with Crippen LogP contribution >= 0.6 is 11.8 Å². The predicted octanol–water partition coefficient (Wildman–Crippen LogP) is 8.26. The van der Waals surface area contributed by atoms with Crippen molar-refractivity contribution in [1.82, 2.24) is 9.97 Å². The first-order valence-corrected chi connectivity index (χ1v) is 19.4. The molecule has 0 saturated heterocycles. The minimum absolute atomic E-state index is 0.225. The van der Waals surface area contributed by atoms with Crippen LogP contribution in [0.5, 0.6) is 6.01 Å². The van der Waals surface area contributed by atoms with E-state index in [1.165, 1.54) is 16.7 Å². The number of hydrogen-bond donors (Lipinski definition) is 1. The molecule has 0 unspecified atom stereocenters. The predicted molar refractivity (Wildman–Crippen MR) is 202 cm³/mol.